The number of nitrogens with zero attached hydrogens (tertiary/aromatic N) is 7. The van der Waals surface area contributed by atoms with E-state index in [1.54, 1.807) is 24.2 Å². The predicted molar refractivity (Wildman–Crippen MR) is 280 cm³/mol. The summed E-state index contributed by atoms with van der Waals surface area (Å²) in [6.45, 7) is 8.00. The van der Waals surface area contributed by atoms with Crippen LogP contribution in [0.3, 0.4) is 0 Å². The first-order valence-corrected chi connectivity index (χ1v) is 25.7. The van der Waals surface area contributed by atoms with Crippen molar-refractivity contribution in [2.75, 3.05) is 72.2 Å². The van der Waals surface area contributed by atoms with Gasteiger partial charge < -0.3 is 51.2 Å². The Kier molecular flexibility index (Phi) is 15.1. The van der Waals surface area contributed by atoms with Gasteiger partial charge in [-0.05, 0) is 106 Å². The Balaban J connectivity index is 0.705. The van der Waals surface area contributed by atoms with E-state index >= 15 is 0 Å². The number of para-hydroxylation sites is 1. The van der Waals surface area contributed by atoms with Gasteiger partial charge in [0.25, 0.3) is 11.8 Å². The van der Waals surface area contributed by atoms with Gasteiger partial charge in [-0.15, -0.1) is 0 Å². The van der Waals surface area contributed by atoms with Gasteiger partial charge in [0.05, 0.1) is 52.3 Å². The van der Waals surface area contributed by atoms with Crippen molar-refractivity contribution in [2.24, 2.45) is 17.1 Å². The van der Waals surface area contributed by atoms with Crippen molar-refractivity contribution in [3.05, 3.63) is 94.9 Å². The Labute approximate surface area is 438 Å². The fourth-order valence-electron chi connectivity index (χ4n) is 10.6. The fourth-order valence-corrected chi connectivity index (χ4v) is 10.6. The van der Waals surface area contributed by atoms with E-state index in [0.29, 0.717) is 118 Å². The number of benzene rings is 3. The first-order valence-electron chi connectivity index (χ1n) is 25.7. The normalized spacial score (nSPS) is 18.4. The van der Waals surface area contributed by atoms with Crippen molar-refractivity contribution in [1.29, 1.82) is 0 Å². The third-order valence-corrected chi connectivity index (χ3v) is 14.5. The van der Waals surface area contributed by atoms with Crippen molar-refractivity contribution >= 4 is 69.8 Å². The summed E-state index contributed by atoms with van der Waals surface area (Å²) in [6, 6.07) is 17.6. The number of piperidine rings is 1. The molecule has 1 saturated carbocycles. The number of hydrogen-bond donors (Lipinski definition) is 5. The van der Waals surface area contributed by atoms with Crippen LogP contribution in [-0.2, 0) is 22.1 Å². The van der Waals surface area contributed by atoms with Gasteiger partial charge in [-0.3, -0.25) is 19.2 Å². The van der Waals surface area contributed by atoms with E-state index in [4.69, 9.17) is 20.2 Å². The number of rotatable bonds is 15. The van der Waals surface area contributed by atoms with Crippen LogP contribution in [-0.4, -0.2) is 108 Å². The number of carbonyl (C=O) groups excluding carboxylic acids is 5. The molecule has 5 aromatic rings. The van der Waals surface area contributed by atoms with Crippen molar-refractivity contribution in [3.63, 3.8) is 0 Å². The lowest BCUT2D eigenvalue weighted by Crippen LogP contribution is -2.41. The summed E-state index contributed by atoms with van der Waals surface area (Å²) >= 11 is 0. The number of amides is 4. The van der Waals surface area contributed by atoms with Gasteiger partial charge in [0, 0.05) is 76.1 Å². The number of primary amides is 1. The Morgan fingerprint density at radius 2 is 1.58 bits per heavy atom. The van der Waals surface area contributed by atoms with Crippen molar-refractivity contribution in [2.45, 2.75) is 96.9 Å². The summed E-state index contributed by atoms with van der Waals surface area (Å²) in [4.78, 5) is 79.7. The molecule has 2 aliphatic carbocycles. The number of nitrogens with two attached hydrogens (primary N) is 1. The van der Waals surface area contributed by atoms with Gasteiger partial charge in [-0.1, -0.05) is 26.0 Å². The maximum Gasteiger partial charge on any atom is 0.435 e. The molecule has 0 unspecified atom stereocenters. The van der Waals surface area contributed by atoms with Crippen LogP contribution in [0.15, 0.2) is 66.9 Å². The lowest BCUT2D eigenvalue weighted by Gasteiger charge is -2.33. The van der Waals surface area contributed by atoms with Crippen molar-refractivity contribution < 1.29 is 46.6 Å². The molecule has 0 bridgehead atoms. The molecule has 2 aromatic heterocycles. The van der Waals surface area contributed by atoms with E-state index in [1.165, 1.54) is 18.2 Å². The molecule has 4 aliphatic rings. The fraction of sp³-hybridized carbons (Fsp3) is 0.444. The van der Waals surface area contributed by atoms with Gasteiger partial charge in [0.2, 0.25) is 11.9 Å². The number of anilines is 7. The Bertz CT molecular complexity index is 3040. The molecule has 19 nitrogen and oxygen atoms in total. The van der Waals surface area contributed by atoms with Crippen LogP contribution in [0, 0.1) is 11.3 Å². The molecule has 0 radical (unpaired) electrons. The maximum absolute atomic E-state index is 14.1. The van der Waals surface area contributed by atoms with E-state index in [-0.39, 0.29) is 59.7 Å². The molecule has 4 amide bonds. The molecule has 0 atom stereocenters. The Morgan fingerprint density at radius 1 is 0.855 bits per heavy atom. The predicted octanol–water partition coefficient (Wildman–Crippen LogP) is 8.31. The monoisotopic (exact) mass is 1050 g/mol. The molecule has 3 aromatic carbocycles. The number of hydrogen-bond acceptors (Lipinski definition) is 14. The van der Waals surface area contributed by atoms with Crippen LogP contribution in [0.25, 0.3) is 5.69 Å². The molecule has 0 spiro atoms. The number of alkyl carbamates (subject to hydrolysis) is 1. The average molecular weight is 1050 g/mol. The quantitative estimate of drug-likeness (QED) is 0.0621. The molecule has 2 fully saturated rings. The van der Waals surface area contributed by atoms with Gasteiger partial charge >= 0.3 is 12.3 Å². The van der Waals surface area contributed by atoms with Crippen LogP contribution < -0.4 is 46.4 Å². The molecule has 4 heterocycles. The summed E-state index contributed by atoms with van der Waals surface area (Å²) in [5, 5.41) is 16.3. The summed E-state index contributed by atoms with van der Waals surface area (Å²) in [6.07, 6.45) is 0.00869. The molecule has 76 heavy (non-hydrogen) atoms. The van der Waals surface area contributed by atoms with Gasteiger partial charge in [0.15, 0.2) is 17.3 Å². The third-order valence-electron chi connectivity index (χ3n) is 14.5. The average Bonchev–Trinajstić information content (AvgIpc) is 3.76. The lowest BCUT2D eigenvalue weighted by atomic mass is 9.75. The molecule has 2 aliphatic heterocycles. The zero-order valence-corrected chi connectivity index (χ0v) is 43.2. The number of fused-ring (bicyclic) bond motifs is 3. The molecular formula is C54H63F3N12O7. The first kappa shape index (κ1) is 52.9. The summed E-state index contributed by atoms with van der Waals surface area (Å²) in [5.74, 6) is -0.141. The van der Waals surface area contributed by atoms with E-state index < -0.39 is 40.6 Å². The largest absolute Gasteiger partial charge is 0.492 e. The van der Waals surface area contributed by atoms with Crippen molar-refractivity contribution in [3.8, 4) is 11.4 Å². The van der Waals surface area contributed by atoms with E-state index in [2.05, 4.69) is 36.2 Å². The van der Waals surface area contributed by atoms with Gasteiger partial charge in [0.1, 0.15) is 17.5 Å². The van der Waals surface area contributed by atoms with Crippen LogP contribution in [0.4, 0.5) is 58.2 Å². The lowest BCUT2D eigenvalue weighted by molar-refractivity contribution is -0.141. The van der Waals surface area contributed by atoms with Crippen molar-refractivity contribution in [1.82, 2.24) is 30.4 Å². The highest BCUT2D eigenvalue weighted by molar-refractivity contribution is 6.13. The Morgan fingerprint density at radius 3 is 2.30 bits per heavy atom. The number of nitrogens with one attached hydrogen (secondary N) is 4. The zero-order chi connectivity index (χ0) is 54.1. The topological polar surface area (TPSA) is 231 Å². The number of carbonyl (C=O) groups is 5. The minimum absolute atomic E-state index is 0.0290. The summed E-state index contributed by atoms with van der Waals surface area (Å²) < 4.78 is 55.3. The first-order chi connectivity index (χ1) is 36.3. The number of alkyl halides is 3. The van der Waals surface area contributed by atoms with E-state index in [0.717, 1.165) is 16.1 Å². The minimum atomic E-state index is -4.84. The molecule has 402 valence electrons. The molecule has 22 heteroatoms. The van der Waals surface area contributed by atoms with E-state index in [9.17, 15) is 37.1 Å². The van der Waals surface area contributed by atoms with Crippen LogP contribution >= 0.6 is 0 Å². The molecule has 1 saturated heterocycles. The molecule has 9 rings (SSSR count). The van der Waals surface area contributed by atoms with Crippen LogP contribution in [0.5, 0.6) is 5.75 Å². The molecule has 6 N–H and O–H groups in total. The molecular weight excluding hydrogens is 986 g/mol. The van der Waals surface area contributed by atoms with Gasteiger partial charge in [-0.25, -0.2) is 14.5 Å². The SMILES string of the molecule is CCOc1cc(N2CCC(C(=O)NCCCNC(=O)OC3CCC(Nc4cc(-n5nc(C(F)(F)F)c6c5CC(C)(C)CC6=O)ccc4C(N)=O)CC3)CC2)ccc1Nc1ncc2c(n1)N(C)c1ccccc1C(=O)N2C. The van der Waals surface area contributed by atoms with Crippen LogP contribution in [0.1, 0.15) is 115 Å². The highest BCUT2D eigenvalue weighted by Gasteiger charge is 2.45. The minimum Gasteiger partial charge on any atom is -0.492 e. The number of Topliss-reactive ketones (excluding diaryl/α,β-unsaturated/α-hetero) is 1. The second-order valence-corrected chi connectivity index (χ2v) is 20.6. The Hall–Kier alpha value is -7.91. The number of ether oxygens (including phenoxy) is 2. The number of aromatic nitrogens is 4. The standard InChI is InChI=1S/C54H63F3N12O7/c1-6-75-44-27-33(15-19-38(44)63-51-61-30-42-48(64-51)66(4)40-11-8-7-10-37(40)50(73)67(42)5)68-24-20-31(21-25-68)49(72)59-22-9-23-60-52(74)76-35-16-12-32(13-17-35)62-39-26-34(14-18-36(39)47(58)71)69-41-28-53(2,3)29-43(70)45(41)46(65-69)54(55,56)57/h7-8,10-11,14-15,18-19,26-27,30-32,35,62H,6,9,12-13,16-17,20-25,28-29H2,1-5H3,(H2,58,71)(H,59,72)(H,60,74)(H,61,63,64). The van der Waals surface area contributed by atoms with Crippen LogP contribution in [0.2, 0.25) is 0 Å². The van der Waals surface area contributed by atoms with E-state index in [1.807, 2.05) is 69.1 Å². The number of halogens is 3. The third kappa shape index (κ3) is 11.3. The maximum atomic E-state index is 14.1. The van der Waals surface area contributed by atoms with Gasteiger partial charge in [-0.2, -0.15) is 23.3 Å². The second kappa shape index (κ2) is 21.7. The zero-order valence-electron chi connectivity index (χ0n) is 43.2. The summed E-state index contributed by atoms with van der Waals surface area (Å²) in [7, 11) is 3.58. The highest BCUT2D eigenvalue weighted by atomic mass is 19.4. The number of ketones is 1. The highest BCUT2D eigenvalue weighted by Crippen LogP contribution is 2.43. The smallest absolute Gasteiger partial charge is 0.435 e. The second-order valence-electron chi connectivity index (χ2n) is 20.6. The summed E-state index contributed by atoms with van der Waals surface area (Å²) in [5.41, 5.74) is 7.88.